The predicted octanol–water partition coefficient (Wildman–Crippen LogP) is 3.99. The van der Waals surface area contributed by atoms with Gasteiger partial charge in [0.1, 0.15) is 5.75 Å². The summed E-state index contributed by atoms with van der Waals surface area (Å²) >= 11 is 6.05. The molecule has 0 fully saturated rings. The lowest BCUT2D eigenvalue weighted by molar-refractivity contribution is -0.115. The van der Waals surface area contributed by atoms with Crippen LogP contribution in [0.3, 0.4) is 0 Å². The molecule has 0 atom stereocenters. The summed E-state index contributed by atoms with van der Waals surface area (Å²) in [5.41, 5.74) is 2.10. The molecule has 5 nitrogen and oxygen atoms in total. The van der Waals surface area contributed by atoms with Crippen LogP contribution in [0.5, 0.6) is 5.75 Å². The lowest BCUT2D eigenvalue weighted by Gasteiger charge is -2.09. The number of hydrogen-bond acceptors (Lipinski definition) is 4. The van der Waals surface area contributed by atoms with Crippen LogP contribution in [0.25, 0.3) is 0 Å². The molecule has 2 aromatic carbocycles. The fraction of sp³-hybridized carbons (Fsp3) is 0.222. The van der Waals surface area contributed by atoms with Crippen molar-refractivity contribution in [3.05, 3.63) is 53.1 Å². The highest BCUT2D eigenvalue weighted by molar-refractivity contribution is 6.32. The number of nitrogens with one attached hydrogen (secondary N) is 2. The van der Waals surface area contributed by atoms with Gasteiger partial charge in [0.15, 0.2) is 5.78 Å². The lowest BCUT2D eigenvalue weighted by atomic mass is 10.1. The minimum atomic E-state index is -0.113. The zero-order chi connectivity index (χ0) is 17.5. The molecule has 2 N–H and O–H groups in total. The summed E-state index contributed by atoms with van der Waals surface area (Å²) in [6.07, 6.45) is 0.304. The van der Waals surface area contributed by atoms with Crippen molar-refractivity contribution in [2.75, 3.05) is 24.3 Å². The lowest BCUT2D eigenvalue weighted by Crippen LogP contribution is -2.16. The largest absolute Gasteiger partial charge is 0.495 e. The number of ketones is 1. The number of carbonyl (C=O) groups is 2. The minimum absolute atomic E-state index is 0.00442. The van der Waals surface area contributed by atoms with E-state index in [9.17, 15) is 9.59 Å². The minimum Gasteiger partial charge on any atom is -0.495 e. The molecule has 0 radical (unpaired) electrons. The monoisotopic (exact) mass is 346 g/mol. The summed E-state index contributed by atoms with van der Waals surface area (Å²) in [4.78, 5) is 23.1. The molecule has 0 aliphatic rings. The average molecular weight is 347 g/mol. The molecule has 0 heterocycles. The second kappa shape index (κ2) is 8.36. The molecule has 0 bridgehead atoms. The normalized spacial score (nSPS) is 10.1. The Morgan fingerprint density at radius 3 is 2.33 bits per heavy atom. The van der Waals surface area contributed by atoms with Crippen LogP contribution in [0.1, 0.15) is 23.7 Å². The van der Waals surface area contributed by atoms with Gasteiger partial charge in [0.25, 0.3) is 0 Å². The summed E-state index contributed by atoms with van der Waals surface area (Å²) in [6.45, 7) is 1.98. The van der Waals surface area contributed by atoms with Gasteiger partial charge in [-0.2, -0.15) is 0 Å². The maximum atomic E-state index is 11.9. The van der Waals surface area contributed by atoms with Crippen LogP contribution in [0.4, 0.5) is 11.4 Å². The van der Waals surface area contributed by atoms with Gasteiger partial charge in [0.05, 0.1) is 12.1 Å². The Morgan fingerprint density at radius 1 is 1.08 bits per heavy atom. The van der Waals surface area contributed by atoms with Crippen molar-refractivity contribution in [1.29, 1.82) is 0 Å². The van der Waals surface area contributed by atoms with Crippen molar-refractivity contribution in [3.8, 4) is 5.75 Å². The number of hydrogen-bond donors (Lipinski definition) is 2. The topological polar surface area (TPSA) is 67.4 Å². The van der Waals surface area contributed by atoms with Crippen molar-refractivity contribution < 1.29 is 14.3 Å². The van der Waals surface area contributed by atoms with E-state index in [1.165, 1.54) is 6.92 Å². The van der Waals surface area contributed by atoms with Crippen molar-refractivity contribution in [1.82, 2.24) is 0 Å². The summed E-state index contributed by atoms with van der Waals surface area (Å²) in [6, 6.07) is 12.2. The van der Waals surface area contributed by atoms with Gasteiger partial charge in [-0.3, -0.25) is 9.59 Å². The molecule has 6 heteroatoms. The standard InChI is InChI=1S/C18H19ClN2O3/c1-12(22)13-3-5-14(6-4-13)21-18(23)9-10-20-15-7-8-17(24-2)16(19)11-15/h3-8,11,20H,9-10H2,1-2H3,(H,21,23). The Labute approximate surface area is 146 Å². The van der Waals surface area contributed by atoms with E-state index in [1.54, 1.807) is 43.5 Å². The fourth-order valence-corrected chi connectivity index (χ4v) is 2.37. The van der Waals surface area contributed by atoms with Crippen molar-refractivity contribution in [2.24, 2.45) is 0 Å². The maximum Gasteiger partial charge on any atom is 0.226 e. The smallest absolute Gasteiger partial charge is 0.226 e. The van der Waals surface area contributed by atoms with Crippen LogP contribution in [-0.4, -0.2) is 25.3 Å². The van der Waals surface area contributed by atoms with Gasteiger partial charge in [0, 0.05) is 29.9 Å². The van der Waals surface area contributed by atoms with Crippen LogP contribution in [0, 0.1) is 0 Å². The first-order valence-electron chi connectivity index (χ1n) is 7.48. The van der Waals surface area contributed by atoms with Gasteiger partial charge in [-0.15, -0.1) is 0 Å². The van der Waals surface area contributed by atoms with Crippen molar-refractivity contribution in [3.63, 3.8) is 0 Å². The number of carbonyl (C=O) groups excluding carboxylic acids is 2. The number of anilines is 2. The zero-order valence-corrected chi connectivity index (χ0v) is 14.3. The molecule has 0 saturated carbocycles. The predicted molar refractivity (Wildman–Crippen MR) is 96.2 cm³/mol. The summed E-state index contributed by atoms with van der Waals surface area (Å²) in [7, 11) is 1.56. The van der Waals surface area contributed by atoms with Crippen LogP contribution in [0.15, 0.2) is 42.5 Å². The Bertz CT molecular complexity index is 730. The molecule has 0 aromatic heterocycles. The number of methoxy groups -OCH3 is 1. The van der Waals surface area contributed by atoms with Crippen LogP contribution >= 0.6 is 11.6 Å². The Morgan fingerprint density at radius 2 is 1.75 bits per heavy atom. The van der Waals surface area contributed by atoms with E-state index in [1.807, 2.05) is 6.07 Å². The molecule has 0 spiro atoms. The third kappa shape index (κ3) is 4.99. The summed E-state index contributed by atoms with van der Waals surface area (Å²) in [5, 5.41) is 6.43. The SMILES string of the molecule is COc1ccc(NCCC(=O)Nc2ccc(C(C)=O)cc2)cc1Cl. The van der Waals surface area contributed by atoms with Crippen LogP contribution in [-0.2, 0) is 4.79 Å². The fourth-order valence-electron chi connectivity index (χ4n) is 2.11. The molecule has 0 unspecified atom stereocenters. The van der Waals surface area contributed by atoms with E-state index in [-0.39, 0.29) is 11.7 Å². The molecule has 126 valence electrons. The van der Waals surface area contributed by atoms with Crippen molar-refractivity contribution >= 4 is 34.7 Å². The first-order chi connectivity index (χ1) is 11.5. The van der Waals surface area contributed by atoms with E-state index in [4.69, 9.17) is 16.3 Å². The third-order valence-electron chi connectivity index (χ3n) is 3.41. The van der Waals surface area contributed by atoms with E-state index >= 15 is 0 Å². The second-order valence-corrected chi connectivity index (χ2v) is 5.62. The quantitative estimate of drug-likeness (QED) is 0.744. The number of halogens is 1. The van der Waals surface area contributed by atoms with Gasteiger partial charge in [0.2, 0.25) is 5.91 Å². The van der Waals surface area contributed by atoms with Crippen LogP contribution in [0.2, 0.25) is 5.02 Å². The molecule has 0 saturated heterocycles. The van der Waals surface area contributed by atoms with E-state index in [0.717, 1.165) is 5.69 Å². The van der Waals surface area contributed by atoms with Gasteiger partial charge in [-0.25, -0.2) is 0 Å². The Balaban J connectivity index is 1.80. The Kier molecular flexibility index (Phi) is 6.21. The zero-order valence-electron chi connectivity index (χ0n) is 13.6. The van der Waals surface area contributed by atoms with E-state index in [2.05, 4.69) is 10.6 Å². The molecule has 1 amide bonds. The number of Topliss-reactive ketones (excluding diaryl/α,β-unsaturated/α-hetero) is 1. The molecule has 24 heavy (non-hydrogen) atoms. The highest BCUT2D eigenvalue weighted by Gasteiger charge is 2.05. The van der Waals surface area contributed by atoms with E-state index in [0.29, 0.717) is 35.0 Å². The van der Waals surface area contributed by atoms with Crippen LogP contribution < -0.4 is 15.4 Å². The summed E-state index contributed by atoms with van der Waals surface area (Å²) in [5.74, 6) is 0.488. The highest BCUT2D eigenvalue weighted by atomic mass is 35.5. The molecule has 0 aliphatic carbocycles. The molecule has 2 aromatic rings. The number of benzene rings is 2. The number of rotatable bonds is 7. The van der Waals surface area contributed by atoms with Crippen molar-refractivity contribution in [2.45, 2.75) is 13.3 Å². The number of amides is 1. The molecular weight excluding hydrogens is 328 g/mol. The number of ether oxygens (including phenoxy) is 1. The summed E-state index contributed by atoms with van der Waals surface area (Å²) < 4.78 is 5.09. The van der Waals surface area contributed by atoms with Gasteiger partial charge in [-0.1, -0.05) is 11.6 Å². The molecular formula is C18H19ClN2O3. The first kappa shape index (κ1) is 17.8. The first-order valence-corrected chi connectivity index (χ1v) is 7.85. The van der Waals surface area contributed by atoms with Gasteiger partial charge < -0.3 is 15.4 Å². The van der Waals surface area contributed by atoms with E-state index < -0.39 is 0 Å². The van der Waals surface area contributed by atoms with Gasteiger partial charge in [-0.05, 0) is 49.4 Å². The molecule has 0 aliphatic heterocycles. The van der Waals surface area contributed by atoms with Gasteiger partial charge >= 0.3 is 0 Å². The average Bonchev–Trinajstić information content (AvgIpc) is 2.55. The highest BCUT2D eigenvalue weighted by Crippen LogP contribution is 2.27. The maximum absolute atomic E-state index is 11.9. The third-order valence-corrected chi connectivity index (χ3v) is 3.70. The molecule has 2 rings (SSSR count). The second-order valence-electron chi connectivity index (χ2n) is 5.21. The Hall–Kier alpha value is -2.53.